The zero-order valence-corrected chi connectivity index (χ0v) is 11.0. The van der Waals surface area contributed by atoms with Crippen molar-refractivity contribution in [2.24, 2.45) is 5.73 Å². The summed E-state index contributed by atoms with van der Waals surface area (Å²) in [7, 11) is 1.37. The molecule has 0 aliphatic carbocycles. The van der Waals surface area contributed by atoms with Crippen LogP contribution in [-0.4, -0.2) is 24.7 Å². The van der Waals surface area contributed by atoms with Crippen molar-refractivity contribution in [1.29, 1.82) is 0 Å². The van der Waals surface area contributed by atoms with Crippen molar-refractivity contribution < 1.29 is 19.0 Å². The second-order valence-corrected chi connectivity index (χ2v) is 4.40. The van der Waals surface area contributed by atoms with Gasteiger partial charge in [0.15, 0.2) is 0 Å². The zero-order chi connectivity index (χ0) is 13.2. The van der Waals surface area contributed by atoms with E-state index in [1.54, 1.807) is 0 Å². The third kappa shape index (κ3) is 2.58. The lowest BCUT2D eigenvalue weighted by Gasteiger charge is -2.17. The van der Waals surface area contributed by atoms with E-state index in [4.69, 9.17) is 15.6 Å². The van der Waals surface area contributed by atoms with Crippen LogP contribution in [-0.2, 0) is 4.79 Å². The average Bonchev–Trinajstić information content (AvgIpc) is 2.27. The van der Waals surface area contributed by atoms with Gasteiger partial charge in [0.1, 0.15) is 11.6 Å². The van der Waals surface area contributed by atoms with Gasteiger partial charge >= 0.3 is 5.97 Å². The number of rotatable bonds is 4. The highest BCUT2D eigenvalue weighted by Gasteiger charge is 2.25. The van der Waals surface area contributed by atoms with E-state index in [2.05, 4.69) is 15.9 Å². The van der Waals surface area contributed by atoms with Gasteiger partial charge in [0.05, 0.1) is 17.5 Å². The third-order valence-electron chi connectivity index (χ3n) is 2.54. The van der Waals surface area contributed by atoms with Gasteiger partial charge in [-0.25, -0.2) is 4.39 Å². The summed E-state index contributed by atoms with van der Waals surface area (Å²) < 4.78 is 18.9. The fourth-order valence-corrected chi connectivity index (χ4v) is 2.20. The van der Waals surface area contributed by atoms with Crippen LogP contribution in [0.1, 0.15) is 17.0 Å². The lowest BCUT2D eigenvalue weighted by Crippen LogP contribution is -2.22. The Labute approximate surface area is 107 Å². The van der Waals surface area contributed by atoms with E-state index in [0.29, 0.717) is 5.56 Å². The van der Waals surface area contributed by atoms with Gasteiger partial charge in [-0.05, 0) is 28.9 Å². The van der Waals surface area contributed by atoms with Crippen LogP contribution in [0, 0.1) is 12.7 Å². The van der Waals surface area contributed by atoms with Gasteiger partial charge < -0.3 is 15.6 Å². The first-order chi connectivity index (χ1) is 7.93. The second-order valence-electron chi connectivity index (χ2n) is 3.55. The van der Waals surface area contributed by atoms with Crippen molar-refractivity contribution in [2.75, 3.05) is 13.7 Å². The van der Waals surface area contributed by atoms with Crippen LogP contribution < -0.4 is 10.5 Å². The van der Waals surface area contributed by atoms with Crippen LogP contribution >= 0.6 is 15.9 Å². The van der Waals surface area contributed by atoms with Gasteiger partial charge in [0.25, 0.3) is 0 Å². The molecule has 0 amide bonds. The van der Waals surface area contributed by atoms with Crippen molar-refractivity contribution in [3.63, 3.8) is 0 Å². The van der Waals surface area contributed by atoms with E-state index < -0.39 is 17.7 Å². The summed E-state index contributed by atoms with van der Waals surface area (Å²) in [4.78, 5) is 11.1. The summed E-state index contributed by atoms with van der Waals surface area (Å²) in [5.41, 5.74) is 6.05. The van der Waals surface area contributed by atoms with Gasteiger partial charge in [-0.3, -0.25) is 4.79 Å². The first-order valence-electron chi connectivity index (χ1n) is 4.89. The number of halogens is 2. The number of nitrogens with two attached hydrogens (primary N) is 1. The maximum absolute atomic E-state index is 13.6. The number of carboxylic acids is 1. The molecule has 17 heavy (non-hydrogen) atoms. The second kappa shape index (κ2) is 5.46. The number of carboxylic acid groups (broad SMARTS) is 1. The molecule has 0 saturated carbocycles. The Morgan fingerprint density at radius 3 is 2.71 bits per heavy atom. The molecular weight excluding hydrogens is 293 g/mol. The highest BCUT2D eigenvalue weighted by Crippen LogP contribution is 2.35. The molecule has 1 unspecified atom stereocenters. The number of benzene rings is 1. The molecule has 1 aromatic carbocycles. The monoisotopic (exact) mass is 305 g/mol. The Kier molecular flexibility index (Phi) is 4.47. The van der Waals surface area contributed by atoms with Crippen molar-refractivity contribution in [1.82, 2.24) is 0 Å². The summed E-state index contributed by atoms with van der Waals surface area (Å²) in [6.07, 6.45) is 0. The number of aliphatic carboxylic acids is 1. The summed E-state index contributed by atoms with van der Waals surface area (Å²) in [5.74, 6) is -2.22. The van der Waals surface area contributed by atoms with Gasteiger partial charge in [0, 0.05) is 17.7 Å². The summed E-state index contributed by atoms with van der Waals surface area (Å²) in [6, 6.07) is 1.40. The van der Waals surface area contributed by atoms with Crippen LogP contribution in [0.3, 0.4) is 0 Å². The number of hydrogen-bond donors (Lipinski definition) is 2. The molecule has 0 aliphatic heterocycles. The molecule has 0 saturated heterocycles. The van der Waals surface area contributed by atoms with Crippen LogP contribution in [0.4, 0.5) is 4.39 Å². The molecule has 0 radical (unpaired) electrons. The smallest absolute Gasteiger partial charge is 0.312 e. The fraction of sp³-hybridized carbons (Fsp3) is 0.364. The maximum Gasteiger partial charge on any atom is 0.312 e. The lowest BCUT2D eigenvalue weighted by atomic mass is 9.96. The van der Waals surface area contributed by atoms with Crippen molar-refractivity contribution in [2.45, 2.75) is 12.8 Å². The maximum atomic E-state index is 13.6. The molecule has 1 rings (SSSR count). The van der Waals surface area contributed by atoms with Crippen molar-refractivity contribution in [3.05, 3.63) is 27.5 Å². The number of methoxy groups -OCH3 is 1. The molecular formula is C11H13BrFNO3. The number of hydrogen-bond acceptors (Lipinski definition) is 3. The number of ether oxygens (including phenoxy) is 1. The van der Waals surface area contributed by atoms with Crippen molar-refractivity contribution >= 4 is 21.9 Å². The van der Waals surface area contributed by atoms with E-state index in [-0.39, 0.29) is 22.3 Å². The van der Waals surface area contributed by atoms with Gasteiger partial charge in [-0.15, -0.1) is 0 Å². The normalized spacial score (nSPS) is 12.3. The van der Waals surface area contributed by atoms with E-state index in [9.17, 15) is 9.18 Å². The Bertz CT molecular complexity index is 451. The Hall–Kier alpha value is -1.14. The molecule has 0 heterocycles. The van der Waals surface area contributed by atoms with Gasteiger partial charge in [0.2, 0.25) is 0 Å². The minimum atomic E-state index is -1.07. The van der Waals surface area contributed by atoms with E-state index >= 15 is 0 Å². The molecule has 6 heteroatoms. The van der Waals surface area contributed by atoms with Crippen LogP contribution in [0.25, 0.3) is 0 Å². The Morgan fingerprint density at radius 1 is 1.71 bits per heavy atom. The average molecular weight is 306 g/mol. The molecule has 0 spiro atoms. The molecule has 0 bridgehead atoms. The fourth-order valence-electron chi connectivity index (χ4n) is 1.65. The molecule has 94 valence electrons. The van der Waals surface area contributed by atoms with E-state index in [0.717, 1.165) is 0 Å². The predicted molar refractivity (Wildman–Crippen MR) is 64.8 cm³/mol. The molecule has 4 nitrogen and oxygen atoms in total. The predicted octanol–water partition coefficient (Wildman–Crippen LogP) is 2.03. The van der Waals surface area contributed by atoms with Crippen LogP contribution in [0.2, 0.25) is 0 Å². The standard InChI is InChI=1S/C11H13BrFNO3/c1-5-9(13)8(12)3-6(10(5)17-2)7(4-14)11(15)16/h3,7H,4,14H2,1-2H3,(H,15,16). The largest absolute Gasteiger partial charge is 0.496 e. The summed E-state index contributed by atoms with van der Waals surface area (Å²) in [6.45, 7) is 1.45. The Balaban J connectivity index is 3.46. The first-order valence-corrected chi connectivity index (χ1v) is 5.68. The molecule has 0 fully saturated rings. The molecule has 1 aromatic rings. The first kappa shape index (κ1) is 13.9. The third-order valence-corrected chi connectivity index (χ3v) is 3.11. The van der Waals surface area contributed by atoms with Crippen molar-refractivity contribution in [3.8, 4) is 5.75 Å². The minimum absolute atomic E-state index is 0.0802. The quantitative estimate of drug-likeness (QED) is 0.893. The van der Waals surface area contributed by atoms with E-state index in [1.807, 2.05) is 0 Å². The summed E-state index contributed by atoms with van der Waals surface area (Å²) >= 11 is 3.04. The Morgan fingerprint density at radius 2 is 2.29 bits per heavy atom. The molecule has 3 N–H and O–H groups in total. The molecule has 0 aromatic heterocycles. The highest BCUT2D eigenvalue weighted by atomic mass is 79.9. The van der Waals surface area contributed by atoms with E-state index in [1.165, 1.54) is 20.1 Å². The van der Waals surface area contributed by atoms with Gasteiger partial charge in [-0.2, -0.15) is 0 Å². The SMILES string of the molecule is COc1c(C(CN)C(=O)O)cc(Br)c(F)c1C. The lowest BCUT2D eigenvalue weighted by molar-refractivity contribution is -0.138. The topological polar surface area (TPSA) is 72.5 Å². The number of carbonyl (C=O) groups is 1. The minimum Gasteiger partial charge on any atom is -0.496 e. The zero-order valence-electron chi connectivity index (χ0n) is 9.46. The van der Waals surface area contributed by atoms with Gasteiger partial charge in [-0.1, -0.05) is 0 Å². The van der Waals surface area contributed by atoms with Crippen LogP contribution in [0.5, 0.6) is 5.75 Å². The highest BCUT2D eigenvalue weighted by molar-refractivity contribution is 9.10. The van der Waals surface area contributed by atoms with Crippen LogP contribution in [0.15, 0.2) is 10.5 Å². The molecule has 0 aliphatic rings. The molecule has 1 atom stereocenters. The summed E-state index contributed by atoms with van der Waals surface area (Å²) in [5, 5.41) is 9.05.